The van der Waals surface area contributed by atoms with Gasteiger partial charge in [0, 0.05) is 24.7 Å². The van der Waals surface area contributed by atoms with Crippen molar-refractivity contribution in [2.75, 3.05) is 35.6 Å². The predicted molar refractivity (Wildman–Crippen MR) is 135 cm³/mol. The van der Waals surface area contributed by atoms with Crippen LogP contribution in [0.3, 0.4) is 0 Å². The number of nitrogens with two attached hydrogens (primary N) is 1. The minimum Gasteiger partial charge on any atom is -0.366 e. The lowest BCUT2D eigenvalue weighted by Gasteiger charge is -2.60. The highest BCUT2D eigenvalue weighted by Crippen LogP contribution is 2.61. The molecule has 0 spiro atoms. The molecule has 3 aliphatic carbocycles. The number of carbonyl (C=O) groups is 1. The maximum absolute atomic E-state index is 11.6. The standard InChI is InChI=1S/C24H33ClN8O/c1-24(2)15-5-3-14(17(24)10-15)11-28-21-31-22(29-16-7-8-27-12-16)33-23(32-21)30-19-9-13(20(26)34)4-6-18(19)25/h4,6,9,14-17,27H,3,5,7-8,10-12H2,1-2H3,(H2,26,34)(H3,28,29,30,31,32,33)/t14-,15+,16?,17+/m0/s1. The van der Waals surface area contributed by atoms with Crippen LogP contribution >= 0.6 is 11.6 Å². The molecule has 10 heteroatoms. The fourth-order valence-electron chi connectivity index (χ4n) is 5.86. The normalized spacial score (nSPS) is 27.0. The topological polar surface area (TPSA) is 130 Å². The number of hydrogen-bond acceptors (Lipinski definition) is 8. The minimum absolute atomic E-state index is 0.260. The average molecular weight is 485 g/mol. The lowest BCUT2D eigenvalue weighted by molar-refractivity contribution is -0.100. The molecule has 1 aromatic carbocycles. The van der Waals surface area contributed by atoms with E-state index in [0.29, 0.717) is 45.5 Å². The summed E-state index contributed by atoms with van der Waals surface area (Å²) >= 11 is 6.35. The number of amides is 1. The highest BCUT2D eigenvalue weighted by molar-refractivity contribution is 6.33. The molecule has 6 rings (SSSR count). The van der Waals surface area contributed by atoms with Gasteiger partial charge in [0.25, 0.3) is 0 Å². The van der Waals surface area contributed by atoms with Gasteiger partial charge in [0.2, 0.25) is 23.8 Å². The number of benzene rings is 1. The summed E-state index contributed by atoms with van der Waals surface area (Å²) < 4.78 is 0. The Morgan fingerprint density at radius 1 is 1.18 bits per heavy atom. The summed E-state index contributed by atoms with van der Waals surface area (Å²) in [4.78, 5) is 25.4. The number of carbonyl (C=O) groups excluding carboxylic acids is 1. The van der Waals surface area contributed by atoms with Gasteiger partial charge in [-0.1, -0.05) is 25.4 Å². The second-order valence-corrected chi connectivity index (χ2v) is 10.8. The molecule has 1 saturated heterocycles. The van der Waals surface area contributed by atoms with E-state index in [1.54, 1.807) is 18.2 Å². The van der Waals surface area contributed by atoms with Gasteiger partial charge < -0.3 is 27.0 Å². The Morgan fingerprint density at radius 3 is 2.68 bits per heavy atom. The van der Waals surface area contributed by atoms with Crippen molar-refractivity contribution in [1.29, 1.82) is 0 Å². The molecule has 9 nitrogen and oxygen atoms in total. The number of fused-ring (bicyclic) bond motifs is 2. The Labute approximate surface area is 205 Å². The van der Waals surface area contributed by atoms with Crippen molar-refractivity contribution in [2.24, 2.45) is 28.9 Å². The van der Waals surface area contributed by atoms with Crippen molar-refractivity contribution in [3.63, 3.8) is 0 Å². The van der Waals surface area contributed by atoms with E-state index in [1.807, 2.05) is 0 Å². The smallest absolute Gasteiger partial charge is 0.248 e. The van der Waals surface area contributed by atoms with Crippen molar-refractivity contribution in [3.05, 3.63) is 28.8 Å². The highest BCUT2D eigenvalue weighted by atomic mass is 35.5. The summed E-state index contributed by atoms with van der Waals surface area (Å²) in [5.41, 5.74) is 6.73. The largest absolute Gasteiger partial charge is 0.366 e. The number of aromatic nitrogens is 3. The Kier molecular flexibility index (Phi) is 6.24. The van der Waals surface area contributed by atoms with E-state index in [4.69, 9.17) is 17.3 Å². The Balaban J connectivity index is 1.36. The predicted octanol–water partition coefficient (Wildman–Crippen LogP) is 3.63. The molecule has 2 aromatic rings. The SMILES string of the molecule is CC1(C)[C@@H]2CC[C@@H](CNc3nc(Nc4cc(C(N)=O)ccc4Cl)nc(NC4CCNC4)n3)[C@H]1C2. The number of hydrogen-bond donors (Lipinski definition) is 5. The molecule has 4 aliphatic rings. The van der Waals surface area contributed by atoms with Crippen LogP contribution in [0.4, 0.5) is 23.5 Å². The number of halogens is 1. The molecule has 3 saturated carbocycles. The maximum atomic E-state index is 11.6. The molecule has 182 valence electrons. The molecule has 1 aromatic heterocycles. The first-order chi connectivity index (χ1) is 16.3. The zero-order chi connectivity index (χ0) is 23.9. The molecule has 2 heterocycles. The summed E-state index contributed by atoms with van der Waals surface area (Å²) in [5.74, 6) is 3.08. The average Bonchev–Trinajstić information content (AvgIpc) is 3.32. The van der Waals surface area contributed by atoms with E-state index in [-0.39, 0.29) is 6.04 Å². The number of rotatable bonds is 8. The summed E-state index contributed by atoms with van der Waals surface area (Å²) in [5, 5.41) is 13.8. The van der Waals surface area contributed by atoms with Crippen molar-refractivity contribution in [3.8, 4) is 0 Å². The summed E-state index contributed by atoms with van der Waals surface area (Å²) in [6, 6.07) is 5.08. The Hall–Kier alpha value is -2.65. The van der Waals surface area contributed by atoms with Crippen LogP contribution in [-0.4, -0.2) is 46.5 Å². The Morgan fingerprint density at radius 2 is 1.97 bits per heavy atom. The van der Waals surface area contributed by atoms with Crippen LogP contribution in [-0.2, 0) is 0 Å². The lowest BCUT2D eigenvalue weighted by atomic mass is 9.45. The minimum atomic E-state index is -0.526. The van der Waals surface area contributed by atoms with Gasteiger partial charge in [0.1, 0.15) is 0 Å². The van der Waals surface area contributed by atoms with Crippen LogP contribution in [0.1, 0.15) is 49.9 Å². The zero-order valence-corrected chi connectivity index (χ0v) is 20.5. The van der Waals surface area contributed by atoms with E-state index < -0.39 is 5.91 Å². The molecule has 34 heavy (non-hydrogen) atoms. The second kappa shape index (κ2) is 9.19. The second-order valence-electron chi connectivity index (χ2n) is 10.4. The van der Waals surface area contributed by atoms with Crippen LogP contribution in [0, 0.1) is 23.2 Å². The Bertz CT molecular complexity index is 1070. The third-order valence-corrected chi connectivity index (χ3v) is 8.38. The van der Waals surface area contributed by atoms with Gasteiger partial charge in [-0.05, 0) is 73.6 Å². The van der Waals surface area contributed by atoms with Crippen LogP contribution in [0.15, 0.2) is 18.2 Å². The van der Waals surface area contributed by atoms with Gasteiger partial charge in [-0.3, -0.25) is 4.79 Å². The fraction of sp³-hybridized carbons (Fsp3) is 0.583. The molecule has 1 amide bonds. The highest BCUT2D eigenvalue weighted by Gasteiger charge is 2.53. The van der Waals surface area contributed by atoms with E-state index >= 15 is 0 Å². The van der Waals surface area contributed by atoms with Crippen molar-refractivity contribution >= 4 is 41.0 Å². The molecule has 6 N–H and O–H groups in total. The summed E-state index contributed by atoms with van der Waals surface area (Å²) in [7, 11) is 0. The van der Waals surface area contributed by atoms with Crippen LogP contribution in [0.5, 0.6) is 0 Å². The van der Waals surface area contributed by atoms with Gasteiger partial charge in [0.15, 0.2) is 0 Å². The zero-order valence-electron chi connectivity index (χ0n) is 19.7. The molecule has 4 atom stereocenters. The first kappa shape index (κ1) is 23.1. The monoisotopic (exact) mass is 484 g/mol. The number of anilines is 4. The van der Waals surface area contributed by atoms with E-state index in [1.165, 1.54) is 19.3 Å². The number of primary amides is 1. The molecular weight excluding hydrogens is 452 g/mol. The number of nitrogens with zero attached hydrogens (tertiary/aromatic N) is 3. The van der Waals surface area contributed by atoms with Gasteiger partial charge in [-0.25, -0.2) is 0 Å². The lowest BCUT2D eigenvalue weighted by Crippen LogP contribution is -2.53. The molecule has 2 bridgehead atoms. The molecule has 0 radical (unpaired) electrons. The van der Waals surface area contributed by atoms with E-state index in [2.05, 4.69) is 50.1 Å². The van der Waals surface area contributed by atoms with Crippen molar-refractivity contribution in [2.45, 2.75) is 45.6 Å². The first-order valence-electron chi connectivity index (χ1n) is 12.1. The molecular formula is C24H33ClN8O. The van der Waals surface area contributed by atoms with Crippen LogP contribution < -0.4 is 27.0 Å². The first-order valence-corrected chi connectivity index (χ1v) is 12.5. The quantitative estimate of drug-likeness (QED) is 0.384. The van der Waals surface area contributed by atoms with Crippen LogP contribution in [0.2, 0.25) is 5.02 Å². The van der Waals surface area contributed by atoms with Gasteiger partial charge in [-0.2, -0.15) is 15.0 Å². The molecule has 1 aliphatic heterocycles. The van der Waals surface area contributed by atoms with Crippen molar-refractivity contribution in [1.82, 2.24) is 20.3 Å². The molecule has 1 unspecified atom stereocenters. The van der Waals surface area contributed by atoms with E-state index in [0.717, 1.165) is 37.9 Å². The van der Waals surface area contributed by atoms with Gasteiger partial charge in [-0.15, -0.1) is 0 Å². The third-order valence-electron chi connectivity index (χ3n) is 8.05. The van der Waals surface area contributed by atoms with Crippen molar-refractivity contribution < 1.29 is 4.79 Å². The van der Waals surface area contributed by atoms with E-state index in [9.17, 15) is 4.79 Å². The summed E-state index contributed by atoms with van der Waals surface area (Å²) in [6.07, 6.45) is 4.88. The maximum Gasteiger partial charge on any atom is 0.248 e. The molecule has 4 fully saturated rings. The summed E-state index contributed by atoms with van der Waals surface area (Å²) in [6.45, 7) is 7.49. The number of nitrogens with one attached hydrogen (secondary N) is 4. The fourth-order valence-corrected chi connectivity index (χ4v) is 6.02. The van der Waals surface area contributed by atoms with Gasteiger partial charge >= 0.3 is 0 Å². The van der Waals surface area contributed by atoms with Gasteiger partial charge in [0.05, 0.1) is 10.7 Å². The van der Waals surface area contributed by atoms with Crippen LogP contribution in [0.25, 0.3) is 0 Å². The third kappa shape index (κ3) is 4.63.